The number of hydrogen-bond acceptors (Lipinski definition) is 7. The molecule has 3 aromatic heterocycles. The molecule has 0 fully saturated rings. The first-order chi connectivity index (χ1) is 13.1. The minimum absolute atomic E-state index is 0.0237. The van der Waals surface area contributed by atoms with Gasteiger partial charge in [0.25, 0.3) is 0 Å². The van der Waals surface area contributed by atoms with E-state index in [1.54, 1.807) is 18.6 Å². The maximum absolute atomic E-state index is 5.70. The summed E-state index contributed by atoms with van der Waals surface area (Å²) in [5.41, 5.74) is 9.09. The lowest BCUT2D eigenvalue weighted by Gasteiger charge is -2.05. The second-order valence-electron chi connectivity index (χ2n) is 5.96. The van der Waals surface area contributed by atoms with Crippen LogP contribution >= 0.6 is 0 Å². The van der Waals surface area contributed by atoms with Gasteiger partial charge in [0, 0.05) is 24.2 Å². The zero-order valence-electron chi connectivity index (χ0n) is 14.8. The summed E-state index contributed by atoms with van der Waals surface area (Å²) in [5.74, 6) is 7.74. The third-order valence-electron chi connectivity index (χ3n) is 4.06. The van der Waals surface area contributed by atoms with Crippen molar-refractivity contribution in [3.05, 3.63) is 60.2 Å². The minimum Gasteiger partial charge on any atom is -0.368 e. The molecule has 27 heavy (non-hydrogen) atoms. The summed E-state index contributed by atoms with van der Waals surface area (Å²) in [7, 11) is 0. The molecular formula is C19H16N8. The first kappa shape index (κ1) is 16.6. The Balaban J connectivity index is 1.75. The van der Waals surface area contributed by atoms with Crippen LogP contribution in [0.15, 0.2) is 43.1 Å². The van der Waals surface area contributed by atoms with E-state index in [9.17, 15) is 0 Å². The number of nitrogen functional groups attached to an aromatic ring is 1. The summed E-state index contributed by atoms with van der Waals surface area (Å²) in [6.07, 6.45) is 6.43. The van der Waals surface area contributed by atoms with Crippen molar-refractivity contribution >= 4 is 17.0 Å². The van der Waals surface area contributed by atoms with E-state index < -0.39 is 0 Å². The van der Waals surface area contributed by atoms with Gasteiger partial charge in [0.15, 0.2) is 0 Å². The molecular weight excluding hydrogens is 340 g/mol. The van der Waals surface area contributed by atoms with Crippen LogP contribution in [0, 0.1) is 18.8 Å². The molecule has 1 unspecified atom stereocenters. The predicted octanol–water partition coefficient (Wildman–Crippen LogP) is 2.05. The summed E-state index contributed by atoms with van der Waals surface area (Å²) >= 11 is 0. The minimum atomic E-state index is -0.0237. The second-order valence-corrected chi connectivity index (χ2v) is 5.96. The largest absolute Gasteiger partial charge is 0.368 e. The number of hydrogen-bond donors (Lipinski definition) is 1. The van der Waals surface area contributed by atoms with Crippen molar-refractivity contribution in [1.82, 2.24) is 34.5 Å². The van der Waals surface area contributed by atoms with Crippen LogP contribution in [0.25, 0.3) is 17.0 Å². The zero-order chi connectivity index (χ0) is 18.8. The number of aryl methyl sites for hydroxylation is 1. The van der Waals surface area contributed by atoms with Crippen LogP contribution in [0.4, 0.5) is 5.95 Å². The number of nitrogens with two attached hydrogens (primary N) is 1. The van der Waals surface area contributed by atoms with Crippen molar-refractivity contribution in [2.75, 3.05) is 5.73 Å². The lowest BCUT2D eigenvalue weighted by atomic mass is 10.1. The predicted molar refractivity (Wildman–Crippen MR) is 101 cm³/mol. The lowest BCUT2D eigenvalue weighted by molar-refractivity contribution is 0.885. The third kappa shape index (κ3) is 3.30. The maximum Gasteiger partial charge on any atom is 0.240 e. The Morgan fingerprint density at radius 1 is 1.11 bits per heavy atom. The van der Waals surface area contributed by atoms with E-state index in [4.69, 9.17) is 5.73 Å². The highest BCUT2D eigenvalue weighted by molar-refractivity contribution is 5.79. The average molecular weight is 356 g/mol. The van der Waals surface area contributed by atoms with Gasteiger partial charge in [0.1, 0.15) is 12.2 Å². The summed E-state index contributed by atoms with van der Waals surface area (Å²) in [5, 5.41) is 0. The summed E-state index contributed by atoms with van der Waals surface area (Å²) in [4.78, 5) is 25.2. The highest BCUT2D eigenvalue weighted by Crippen LogP contribution is 2.20. The van der Waals surface area contributed by atoms with Crippen LogP contribution in [0.3, 0.4) is 0 Å². The van der Waals surface area contributed by atoms with Crippen LogP contribution in [-0.4, -0.2) is 34.5 Å². The van der Waals surface area contributed by atoms with Crippen LogP contribution in [0.1, 0.15) is 29.9 Å². The van der Waals surface area contributed by atoms with Gasteiger partial charge in [0.2, 0.25) is 11.9 Å². The van der Waals surface area contributed by atoms with E-state index in [0.717, 1.165) is 28.1 Å². The number of imidazole rings is 1. The van der Waals surface area contributed by atoms with Gasteiger partial charge < -0.3 is 5.73 Å². The Kier molecular flexibility index (Phi) is 4.18. The van der Waals surface area contributed by atoms with Crippen molar-refractivity contribution in [2.24, 2.45) is 0 Å². The van der Waals surface area contributed by atoms with E-state index in [1.165, 1.54) is 6.33 Å². The van der Waals surface area contributed by atoms with Gasteiger partial charge in [-0.1, -0.05) is 11.8 Å². The molecule has 0 amide bonds. The SMILES string of the molecule is Cc1nc2ccc(C#CC(C)c3cnccn3)cc2n1-c1ncnc(N)n1. The van der Waals surface area contributed by atoms with Gasteiger partial charge in [0.05, 0.1) is 22.6 Å². The molecule has 4 rings (SSSR count). The van der Waals surface area contributed by atoms with Crippen molar-refractivity contribution in [2.45, 2.75) is 19.8 Å². The average Bonchev–Trinajstić information content (AvgIpc) is 3.01. The molecule has 132 valence electrons. The molecule has 0 radical (unpaired) electrons. The Hall–Kier alpha value is -3.86. The van der Waals surface area contributed by atoms with Crippen LogP contribution < -0.4 is 5.73 Å². The van der Waals surface area contributed by atoms with E-state index in [1.807, 2.05) is 36.6 Å². The molecule has 1 atom stereocenters. The van der Waals surface area contributed by atoms with Crippen molar-refractivity contribution in [3.8, 4) is 17.8 Å². The van der Waals surface area contributed by atoms with Gasteiger partial charge in [-0.3, -0.25) is 14.5 Å². The quantitative estimate of drug-likeness (QED) is 0.548. The standard InChI is InChI=1S/C19H16N8/c1-12(16-10-21-7-8-22-16)3-4-14-5-6-15-17(9-14)27(13(2)25-15)19-24-11-23-18(20)26-19/h5-12H,1-2H3,(H2,20,23,24,26). The Morgan fingerprint density at radius 3 is 2.78 bits per heavy atom. The van der Waals surface area contributed by atoms with Crippen LogP contribution in [0.5, 0.6) is 0 Å². The third-order valence-corrected chi connectivity index (χ3v) is 4.06. The van der Waals surface area contributed by atoms with Crippen molar-refractivity contribution < 1.29 is 0 Å². The molecule has 2 N–H and O–H groups in total. The monoisotopic (exact) mass is 356 g/mol. The first-order valence-corrected chi connectivity index (χ1v) is 8.33. The number of benzene rings is 1. The van der Waals surface area contributed by atoms with E-state index in [0.29, 0.717) is 5.95 Å². The molecule has 0 spiro atoms. The van der Waals surface area contributed by atoms with Crippen molar-refractivity contribution in [3.63, 3.8) is 0 Å². The smallest absolute Gasteiger partial charge is 0.240 e. The molecule has 3 heterocycles. The number of anilines is 1. The molecule has 4 aromatic rings. The molecule has 0 saturated carbocycles. The molecule has 8 nitrogen and oxygen atoms in total. The summed E-state index contributed by atoms with van der Waals surface area (Å²) in [6.45, 7) is 3.89. The Labute approximate surface area is 155 Å². The van der Waals surface area contributed by atoms with Gasteiger partial charge in [-0.05, 0) is 32.0 Å². The highest BCUT2D eigenvalue weighted by atomic mass is 15.2. The Morgan fingerprint density at radius 2 is 2.00 bits per heavy atom. The molecule has 1 aromatic carbocycles. The van der Waals surface area contributed by atoms with E-state index >= 15 is 0 Å². The molecule has 0 aliphatic carbocycles. The van der Waals surface area contributed by atoms with Crippen molar-refractivity contribution in [1.29, 1.82) is 0 Å². The number of rotatable bonds is 2. The number of aromatic nitrogens is 7. The van der Waals surface area contributed by atoms with E-state index in [-0.39, 0.29) is 11.9 Å². The fraction of sp³-hybridized carbons (Fsp3) is 0.158. The van der Waals surface area contributed by atoms with Gasteiger partial charge in [-0.15, -0.1) is 0 Å². The topological polar surface area (TPSA) is 108 Å². The fourth-order valence-electron chi connectivity index (χ4n) is 2.73. The van der Waals surface area contributed by atoms with E-state index in [2.05, 4.69) is 41.7 Å². The summed E-state index contributed by atoms with van der Waals surface area (Å²) < 4.78 is 1.84. The molecule has 0 bridgehead atoms. The first-order valence-electron chi connectivity index (χ1n) is 8.33. The molecule has 0 aliphatic rings. The molecule has 0 aliphatic heterocycles. The normalized spacial score (nSPS) is 11.8. The Bertz CT molecular complexity index is 1170. The molecule has 8 heteroatoms. The van der Waals surface area contributed by atoms with Crippen LogP contribution in [0.2, 0.25) is 0 Å². The summed E-state index contributed by atoms with van der Waals surface area (Å²) in [6, 6.07) is 5.84. The fourth-order valence-corrected chi connectivity index (χ4v) is 2.73. The lowest BCUT2D eigenvalue weighted by Crippen LogP contribution is -2.06. The van der Waals surface area contributed by atoms with Gasteiger partial charge >= 0.3 is 0 Å². The number of fused-ring (bicyclic) bond motifs is 1. The highest BCUT2D eigenvalue weighted by Gasteiger charge is 2.12. The molecule has 0 saturated heterocycles. The maximum atomic E-state index is 5.70. The second kappa shape index (κ2) is 6.80. The van der Waals surface area contributed by atoms with Gasteiger partial charge in [-0.25, -0.2) is 15.0 Å². The van der Waals surface area contributed by atoms with Gasteiger partial charge in [-0.2, -0.15) is 4.98 Å². The number of nitrogens with zero attached hydrogens (tertiary/aromatic N) is 7. The zero-order valence-corrected chi connectivity index (χ0v) is 14.8. The van der Waals surface area contributed by atoms with Crippen LogP contribution in [-0.2, 0) is 0 Å².